The van der Waals surface area contributed by atoms with Gasteiger partial charge >= 0.3 is 0 Å². The third kappa shape index (κ3) is 3.29. The molecule has 5 heteroatoms. The summed E-state index contributed by atoms with van der Waals surface area (Å²) in [6.07, 6.45) is 0.515. The molecule has 2 aromatic rings. The fourth-order valence-electron chi connectivity index (χ4n) is 3.02. The van der Waals surface area contributed by atoms with Gasteiger partial charge in [-0.25, -0.2) is 0 Å². The van der Waals surface area contributed by atoms with Crippen LogP contribution in [0.4, 0.5) is 0 Å². The summed E-state index contributed by atoms with van der Waals surface area (Å²) in [6.45, 7) is 4.48. The van der Waals surface area contributed by atoms with E-state index in [1.54, 1.807) is 17.4 Å². The topological polar surface area (TPSA) is 55.4 Å². The van der Waals surface area contributed by atoms with Gasteiger partial charge in [-0.2, -0.15) is 0 Å². The number of carbonyl (C=O) groups is 2. The molecule has 1 N–H and O–H groups in total. The van der Waals surface area contributed by atoms with Crippen LogP contribution in [0.15, 0.2) is 29.6 Å². The molecule has 1 aliphatic carbocycles. The molecule has 0 spiro atoms. The van der Waals surface area contributed by atoms with Gasteiger partial charge in [-0.05, 0) is 41.5 Å². The quantitative estimate of drug-likeness (QED) is 0.914. The van der Waals surface area contributed by atoms with E-state index in [9.17, 15) is 9.59 Å². The summed E-state index contributed by atoms with van der Waals surface area (Å²) in [5.41, 5.74) is 2.82. The van der Waals surface area contributed by atoms with E-state index >= 15 is 0 Å². The van der Waals surface area contributed by atoms with Crippen LogP contribution < -0.4 is 10.1 Å². The monoisotopic (exact) mass is 329 g/mol. The zero-order chi connectivity index (χ0) is 16.4. The first-order chi connectivity index (χ1) is 11.1. The fraction of sp³-hybridized carbons (Fsp3) is 0.333. The molecule has 0 aliphatic heterocycles. The fourth-order valence-corrected chi connectivity index (χ4v) is 3.67. The molecule has 1 aromatic carbocycles. The van der Waals surface area contributed by atoms with E-state index in [0.29, 0.717) is 24.3 Å². The smallest absolute Gasteiger partial charge is 0.258 e. The van der Waals surface area contributed by atoms with Crippen molar-refractivity contribution < 1.29 is 14.3 Å². The van der Waals surface area contributed by atoms with E-state index in [-0.39, 0.29) is 24.2 Å². The molecule has 0 radical (unpaired) electrons. The Hall–Kier alpha value is -2.14. The van der Waals surface area contributed by atoms with Gasteiger partial charge in [0.05, 0.1) is 12.1 Å². The van der Waals surface area contributed by atoms with Crippen molar-refractivity contribution in [2.24, 2.45) is 0 Å². The Balaban J connectivity index is 1.65. The van der Waals surface area contributed by atoms with Gasteiger partial charge in [0.15, 0.2) is 12.4 Å². The molecule has 1 heterocycles. The molecule has 120 valence electrons. The van der Waals surface area contributed by atoms with Gasteiger partial charge in [0.1, 0.15) is 5.75 Å². The van der Waals surface area contributed by atoms with Crippen molar-refractivity contribution in [3.63, 3.8) is 0 Å². The number of benzene rings is 1. The zero-order valence-electron chi connectivity index (χ0n) is 13.2. The van der Waals surface area contributed by atoms with Crippen molar-refractivity contribution in [3.8, 4) is 5.75 Å². The summed E-state index contributed by atoms with van der Waals surface area (Å²) < 4.78 is 5.62. The van der Waals surface area contributed by atoms with Crippen LogP contribution in [0.1, 0.15) is 45.6 Å². The van der Waals surface area contributed by atoms with E-state index < -0.39 is 0 Å². The molecule has 0 unspecified atom stereocenters. The SMILES string of the molecule is Cc1ccc(OCC(=O)NCc2cccs2)c2c1[C@@H](C)CC2=O. The first-order valence-corrected chi connectivity index (χ1v) is 8.53. The third-order valence-corrected chi connectivity index (χ3v) is 4.96. The maximum atomic E-state index is 12.2. The second-order valence-electron chi connectivity index (χ2n) is 5.84. The number of ether oxygens (including phenoxy) is 1. The highest BCUT2D eigenvalue weighted by Gasteiger charge is 2.31. The van der Waals surface area contributed by atoms with Crippen LogP contribution >= 0.6 is 11.3 Å². The number of thiophene rings is 1. The summed E-state index contributed by atoms with van der Waals surface area (Å²) in [5.74, 6) is 0.649. The molecule has 23 heavy (non-hydrogen) atoms. The standard InChI is InChI=1S/C18H19NO3S/c1-11-5-6-15(18-14(20)8-12(2)17(11)18)22-10-16(21)19-9-13-4-3-7-23-13/h3-7,12H,8-10H2,1-2H3,(H,19,21)/t12-/m0/s1. The van der Waals surface area contributed by atoms with Crippen molar-refractivity contribution in [3.05, 3.63) is 51.2 Å². The lowest BCUT2D eigenvalue weighted by molar-refractivity contribution is -0.123. The highest BCUT2D eigenvalue weighted by atomic mass is 32.1. The second kappa shape index (κ2) is 6.54. The lowest BCUT2D eigenvalue weighted by Crippen LogP contribution is -2.28. The van der Waals surface area contributed by atoms with Crippen molar-refractivity contribution >= 4 is 23.0 Å². The van der Waals surface area contributed by atoms with E-state index in [4.69, 9.17) is 4.74 Å². The number of aryl methyl sites for hydroxylation is 1. The van der Waals surface area contributed by atoms with Gasteiger partial charge in [-0.1, -0.05) is 19.1 Å². The molecule has 1 aromatic heterocycles. The number of fused-ring (bicyclic) bond motifs is 1. The average molecular weight is 329 g/mol. The molecule has 0 saturated heterocycles. The highest BCUT2D eigenvalue weighted by molar-refractivity contribution is 7.09. The van der Waals surface area contributed by atoms with Crippen LogP contribution in [0.2, 0.25) is 0 Å². The Labute approximate surface area is 139 Å². The normalized spacial score (nSPS) is 16.3. The van der Waals surface area contributed by atoms with Gasteiger partial charge in [0.25, 0.3) is 5.91 Å². The first-order valence-electron chi connectivity index (χ1n) is 7.65. The van der Waals surface area contributed by atoms with Crippen molar-refractivity contribution in [2.75, 3.05) is 6.61 Å². The highest BCUT2D eigenvalue weighted by Crippen LogP contribution is 2.40. The molecule has 4 nitrogen and oxygen atoms in total. The maximum Gasteiger partial charge on any atom is 0.258 e. The summed E-state index contributed by atoms with van der Waals surface area (Å²) >= 11 is 1.60. The minimum Gasteiger partial charge on any atom is -0.483 e. The Morgan fingerprint density at radius 2 is 2.22 bits per heavy atom. The summed E-state index contributed by atoms with van der Waals surface area (Å²) in [7, 11) is 0. The number of amides is 1. The van der Waals surface area contributed by atoms with Crippen molar-refractivity contribution in [1.82, 2.24) is 5.32 Å². The molecule has 3 rings (SSSR count). The largest absolute Gasteiger partial charge is 0.483 e. The van der Waals surface area contributed by atoms with E-state index in [2.05, 4.69) is 5.32 Å². The number of ketones is 1. The van der Waals surface area contributed by atoms with Gasteiger partial charge < -0.3 is 10.1 Å². The summed E-state index contributed by atoms with van der Waals surface area (Å²) in [6, 6.07) is 7.66. The van der Waals surface area contributed by atoms with Gasteiger partial charge in [0.2, 0.25) is 0 Å². The number of carbonyl (C=O) groups excluding carboxylic acids is 2. The van der Waals surface area contributed by atoms with Gasteiger partial charge in [-0.3, -0.25) is 9.59 Å². The lowest BCUT2D eigenvalue weighted by Gasteiger charge is -2.13. The van der Waals surface area contributed by atoms with Crippen LogP contribution in [0.3, 0.4) is 0 Å². The molecule has 0 fully saturated rings. The number of Topliss-reactive ketones (excluding diaryl/α,β-unsaturated/α-hetero) is 1. The second-order valence-corrected chi connectivity index (χ2v) is 6.87. The number of hydrogen-bond donors (Lipinski definition) is 1. The number of nitrogens with one attached hydrogen (secondary N) is 1. The molecule has 1 atom stereocenters. The number of rotatable bonds is 5. The Morgan fingerprint density at radius 3 is 2.96 bits per heavy atom. The van der Waals surface area contributed by atoms with Crippen molar-refractivity contribution in [2.45, 2.75) is 32.7 Å². The van der Waals surface area contributed by atoms with E-state index in [0.717, 1.165) is 16.0 Å². The van der Waals surface area contributed by atoms with E-state index in [1.165, 1.54) is 0 Å². The first kappa shape index (κ1) is 15.7. The Bertz CT molecular complexity index is 737. The summed E-state index contributed by atoms with van der Waals surface area (Å²) in [4.78, 5) is 25.2. The molecular weight excluding hydrogens is 310 g/mol. The predicted molar refractivity (Wildman–Crippen MR) is 90.2 cm³/mol. The van der Waals surface area contributed by atoms with Crippen LogP contribution in [0.5, 0.6) is 5.75 Å². The van der Waals surface area contributed by atoms with Crippen LogP contribution in [-0.4, -0.2) is 18.3 Å². The molecular formula is C18H19NO3S. The Morgan fingerprint density at radius 1 is 1.39 bits per heavy atom. The van der Waals surface area contributed by atoms with E-state index in [1.807, 2.05) is 37.4 Å². The minimum atomic E-state index is -0.189. The number of hydrogen-bond acceptors (Lipinski definition) is 4. The van der Waals surface area contributed by atoms with Crippen molar-refractivity contribution in [1.29, 1.82) is 0 Å². The molecule has 0 bridgehead atoms. The molecule has 1 amide bonds. The zero-order valence-corrected chi connectivity index (χ0v) is 14.0. The van der Waals surface area contributed by atoms with Crippen LogP contribution in [0.25, 0.3) is 0 Å². The molecule has 1 aliphatic rings. The van der Waals surface area contributed by atoms with Gasteiger partial charge in [-0.15, -0.1) is 11.3 Å². The van der Waals surface area contributed by atoms with Crippen LogP contribution in [0, 0.1) is 6.92 Å². The third-order valence-electron chi connectivity index (χ3n) is 4.09. The minimum absolute atomic E-state index is 0.0808. The maximum absolute atomic E-state index is 12.2. The van der Waals surface area contributed by atoms with Crippen LogP contribution in [-0.2, 0) is 11.3 Å². The lowest BCUT2D eigenvalue weighted by atomic mass is 9.97. The average Bonchev–Trinajstić information content (AvgIpc) is 3.13. The summed E-state index contributed by atoms with van der Waals surface area (Å²) in [5, 5.41) is 4.79. The van der Waals surface area contributed by atoms with Gasteiger partial charge in [0, 0.05) is 11.3 Å². The Kier molecular flexibility index (Phi) is 4.48. The predicted octanol–water partition coefficient (Wildman–Crippen LogP) is 3.44. The molecule has 0 saturated carbocycles.